The minimum Gasteiger partial charge on any atom is -0.352 e. The number of fused-ring (bicyclic) bond motifs is 1. The van der Waals surface area contributed by atoms with Crippen molar-refractivity contribution in [2.45, 2.75) is 38.8 Å². The molecule has 2 aliphatic rings. The fraction of sp³-hybridized carbons (Fsp3) is 0.600. The van der Waals surface area contributed by atoms with Crippen LogP contribution in [0.3, 0.4) is 0 Å². The number of aromatic nitrogens is 3. The fourth-order valence-corrected chi connectivity index (χ4v) is 4.33. The van der Waals surface area contributed by atoms with Gasteiger partial charge in [-0.15, -0.1) is 0 Å². The van der Waals surface area contributed by atoms with Crippen LogP contribution in [0.25, 0.3) is 11.0 Å². The number of aryl methyl sites for hydroxylation is 1. The first kappa shape index (κ1) is 19.5. The van der Waals surface area contributed by atoms with Crippen LogP contribution in [0, 0.1) is 18.4 Å². The Hall–Kier alpha value is -2.86. The largest absolute Gasteiger partial charge is 0.352 e. The van der Waals surface area contributed by atoms with Gasteiger partial charge in [-0.05, 0) is 52.4 Å². The summed E-state index contributed by atoms with van der Waals surface area (Å²) < 4.78 is 0. The smallest absolute Gasteiger partial charge is 0.208 e. The van der Waals surface area contributed by atoms with Gasteiger partial charge in [0.1, 0.15) is 17.8 Å². The highest BCUT2D eigenvalue weighted by Gasteiger charge is 2.29. The number of nitriles is 1. The Labute approximate surface area is 171 Å². The average molecular weight is 396 g/mol. The quantitative estimate of drug-likeness (QED) is 0.342. The second kappa shape index (κ2) is 8.25. The third kappa shape index (κ3) is 3.98. The van der Waals surface area contributed by atoms with Crippen LogP contribution in [0.15, 0.2) is 17.5 Å². The number of piperazine rings is 1. The van der Waals surface area contributed by atoms with Crippen molar-refractivity contribution < 1.29 is 0 Å². The first-order chi connectivity index (χ1) is 14.1. The van der Waals surface area contributed by atoms with E-state index in [-0.39, 0.29) is 12.1 Å². The SMILES string of the molecule is Cc1c[nH]c2ncnc(N3CCN(C(=NC4CCN(C)CC4)NC#N)C(C)C3)c12. The highest BCUT2D eigenvalue weighted by atomic mass is 15.4. The van der Waals surface area contributed by atoms with E-state index in [1.54, 1.807) is 6.33 Å². The summed E-state index contributed by atoms with van der Waals surface area (Å²) in [6, 6.07) is 0.482. The van der Waals surface area contributed by atoms with Crippen LogP contribution in [0.2, 0.25) is 0 Å². The van der Waals surface area contributed by atoms with Crippen LogP contribution in [0.4, 0.5) is 5.82 Å². The topological polar surface area (TPSA) is 99.5 Å². The maximum Gasteiger partial charge on any atom is 0.208 e. The van der Waals surface area contributed by atoms with Crippen molar-refractivity contribution in [3.63, 3.8) is 0 Å². The molecule has 2 aromatic heterocycles. The number of piperidine rings is 1. The number of aliphatic imine (C=N–C) groups is 1. The number of guanidine groups is 1. The molecule has 2 aliphatic heterocycles. The molecule has 0 amide bonds. The molecule has 29 heavy (non-hydrogen) atoms. The van der Waals surface area contributed by atoms with Crippen molar-refractivity contribution in [1.82, 2.24) is 30.1 Å². The number of aromatic amines is 1. The second-order valence-corrected chi connectivity index (χ2v) is 8.10. The van der Waals surface area contributed by atoms with E-state index in [1.807, 2.05) is 6.20 Å². The Bertz CT molecular complexity index is 920. The molecule has 1 unspecified atom stereocenters. The molecule has 0 spiro atoms. The Morgan fingerprint density at radius 3 is 2.79 bits per heavy atom. The van der Waals surface area contributed by atoms with Crippen molar-refractivity contribution in [2.75, 3.05) is 44.7 Å². The molecule has 0 saturated carbocycles. The zero-order valence-electron chi connectivity index (χ0n) is 17.4. The predicted octanol–water partition coefficient (Wildman–Crippen LogP) is 1.30. The first-order valence-corrected chi connectivity index (χ1v) is 10.3. The highest BCUT2D eigenvalue weighted by Crippen LogP contribution is 2.27. The maximum absolute atomic E-state index is 9.27. The molecule has 2 fully saturated rings. The predicted molar refractivity (Wildman–Crippen MR) is 114 cm³/mol. The highest BCUT2D eigenvalue weighted by molar-refractivity contribution is 5.90. The van der Waals surface area contributed by atoms with E-state index in [9.17, 15) is 5.26 Å². The van der Waals surface area contributed by atoms with Crippen LogP contribution >= 0.6 is 0 Å². The van der Waals surface area contributed by atoms with Crippen LogP contribution in [0.5, 0.6) is 0 Å². The summed E-state index contributed by atoms with van der Waals surface area (Å²) in [4.78, 5) is 23.9. The lowest BCUT2D eigenvalue weighted by Gasteiger charge is -2.42. The van der Waals surface area contributed by atoms with E-state index in [1.165, 1.54) is 0 Å². The Kier molecular flexibility index (Phi) is 5.53. The number of hydrogen-bond acceptors (Lipinski definition) is 6. The molecular formula is C20H29N9. The van der Waals surface area contributed by atoms with Gasteiger partial charge in [-0.3, -0.25) is 5.32 Å². The van der Waals surface area contributed by atoms with Gasteiger partial charge >= 0.3 is 0 Å². The Balaban J connectivity index is 1.51. The third-order valence-electron chi connectivity index (χ3n) is 6.01. The zero-order chi connectivity index (χ0) is 20.4. The van der Waals surface area contributed by atoms with Crippen molar-refractivity contribution in [1.29, 1.82) is 5.26 Å². The van der Waals surface area contributed by atoms with E-state index in [0.29, 0.717) is 5.96 Å². The molecule has 4 heterocycles. The lowest BCUT2D eigenvalue weighted by atomic mass is 10.1. The maximum atomic E-state index is 9.27. The molecule has 0 aliphatic carbocycles. The van der Waals surface area contributed by atoms with E-state index in [2.05, 4.69) is 62.1 Å². The van der Waals surface area contributed by atoms with Crippen LogP contribution in [0.1, 0.15) is 25.3 Å². The number of nitrogens with one attached hydrogen (secondary N) is 2. The second-order valence-electron chi connectivity index (χ2n) is 8.10. The van der Waals surface area contributed by atoms with Gasteiger partial charge in [-0.1, -0.05) is 0 Å². The average Bonchev–Trinajstić information content (AvgIpc) is 3.10. The van der Waals surface area contributed by atoms with Crippen LogP contribution in [-0.4, -0.2) is 82.6 Å². The lowest BCUT2D eigenvalue weighted by Crippen LogP contribution is -2.57. The van der Waals surface area contributed by atoms with Gasteiger partial charge in [0.2, 0.25) is 5.96 Å². The van der Waals surface area contributed by atoms with Gasteiger partial charge in [-0.25, -0.2) is 15.0 Å². The number of anilines is 1. The van der Waals surface area contributed by atoms with Gasteiger partial charge in [0, 0.05) is 31.9 Å². The zero-order valence-corrected chi connectivity index (χ0v) is 17.4. The summed E-state index contributed by atoms with van der Waals surface area (Å²) >= 11 is 0. The molecule has 2 aromatic rings. The summed E-state index contributed by atoms with van der Waals surface area (Å²) in [5.41, 5.74) is 2.03. The van der Waals surface area contributed by atoms with Gasteiger partial charge < -0.3 is 19.7 Å². The first-order valence-electron chi connectivity index (χ1n) is 10.3. The normalized spacial score (nSPS) is 22.1. The summed E-state index contributed by atoms with van der Waals surface area (Å²) in [5.74, 6) is 1.68. The summed E-state index contributed by atoms with van der Waals surface area (Å²) in [5, 5.41) is 13.2. The minimum absolute atomic E-state index is 0.207. The summed E-state index contributed by atoms with van der Waals surface area (Å²) in [6.45, 7) is 8.79. The number of likely N-dealkylation sites (tertiary alicyclic amines) is 1. The van der Waals surface area contributed by atoms with E-state index < -0.39 is 0 Å². The molecule has 0 radical (unpaired) electrons. The van der Waals surface area contributed by atoms with Gasteiger partial charge in [-0.2, -0.15) is 5.26 Å². The number of nitrogens with zero attached hydrogens (tertiary/aromatic N) is 7. The number of rotatable bonds is 2. The number of hydrogen-bond donors (Lipinski definition) is 2. The molecular weight excluding hydrogens is 366 g/mol. The molecule has 4 rings (SSSR count). The van der Waals surface area contributed by atoms with Crippen LogP contribution < -0.4 is 10.2 Å². The number of H-pyrrole nitrogens is 1. The standard InChI is InChI=1S/C20H29N9/c1-14-10-22-18-17(14)19(25-13-24-18)28-8-9-29(15(2)11-28)20(23-12-21)26-16-4-6-27(3)7-5-16/h10,13,15-16H,4-9,11H2,1-3H3,(H,23,26)(H,22,24,25). The molecule has 2 saturated heterocycles. The molecule has 9 heteroatoms. The minimum atomic E-state index is 0.207. The van der Waals surface area contributed by atoms with Gasteiger partial charge in [0.25, 0.3) is 0 Å². The summed E-state index contributed by atoms with van der Waals surface area (Å²) in [6.07, 6.45) is 7.75. The Morgan fingerprint density at radius 1 is 1.28 bits per heavy atom. The monoisotopic (exact) mass is 395 g/mol. The lowest BCUT2D eigenvalue weighted by molar-refractivity contribution is 0.251. The molecule has 154 valence electrons. The van der Waals surface area contributed by atoms with Crippen molar-refractivity contribution in [3.05, 3.63) is 18.1 Å². The summed E-state index contributed by atoms with van der Waals surface area (Å²) in [7, 11) is 2.14. The molecule has 2 N–H and O–H groups in total. The van der Waals surface area contributed by atoms with Gasteiger partial charge in [0.15, 0.2) is 6.19 Å². The fourth-order valence-electron chi connectivity index (χ4n) is 4.33. The molecule has 1 atom stereocenters. The van der Waals surface area contributed by atoms with E-state index in [0.717, 1.165) is 68.0 Å². The van der Waals surface area contributed by atoms with Crippen molar-refractivity contribution in [3.8, 4) is 6.19 Å². The Morgan fingerprint density at radius 2 is 2.07 bits per heavy atom. The van der Waals surface area contributed by atoms with Crippen LogP contribution in [-0.2, 0) is 0 Å². The molecule has 9 nitrogen and oxygen atoms in total. The van der Waals surface area contributed by atoms with Gasteiger partial charge in [0.05, 0.1) is 11.4 Å². The third-order valence-corrected chi connectivity index (χ3v) is 6.01. The molecule has 0 aromatic carbocycles. The van der Waals surface area contributed by atoms with Crippen molar-refractivity contribution in [2.24, 2.45) is 4.99 Å². The van der Waals surface area contributed by atoms with E-state index >= 15 is 0 Å². The van der Waals surface area contributed by atoms with Crippen molar-refractivity contribution >= 4 is 22.8 Å². The van der Waals surface area contributed by atoms with E-state index in [4.69, 9.17) is 4.99 Å². The molecule has 0 bridgehead atoms.